The number of rotatable bonds is 0. The molecule has 4 nitrogen and oxygen atoms in total. The zero-order valence-electron chi connectivity index (χ0n) is 10.8. The fourth-order valence-electron chi connectivity index (χ4n) is 2.91. The molecule has 2 rings (SSSR count). The number of nitrogens with zero attached hydrogens (tertiary/aromatic N) is 2. The van der Waals surface area contributed by atoms with Crippen molar-refractivity contribution in [2.45, 2.75) is 39.2 Å². The van der Waals surface area contributed by atoms with Crippen LogP contribution in [-0.4, -0.2) is 29.7 Å². The summed E-state index contributed by atoms with van der Waals surface area (Å²) in [5.41, 5.74) is -0.442. The van der Waals surface area contributed by atoms with Gasteiger partial charge in [-0.1, -0.05) is 0 Å². The number of carbonyl (C=O) groups excluding carboxylic acids is 1. The van der Waals surface area contributed by atoms with E-state index in [9.17, 15) is 4.79 Å². The minimum Gasteiger partial charge on any atom is -0.444 e. The summed E-state index contributed by atoms with van der Waals surface area (Å²) in [6, 6.07) is 2.39. The maximum absolute atomic E-state index is 11.9. The Hall–Kier alpha value is -1.24. The third-order valence-electron chi connectivity index (χ3n) is 3.63. The number of nitriles is 1. The van der Waals surface area contributed by atoms with Gasteiger partial charge in [-0.3, -0.25) is 0 Å². The summed E-state index contributed by atoms with van der Waals surface area (Å²) in [6.07, 6.45) is 1.91. The Bertz CT molecular complexity index is 339. The lowest BCUT2D eigenvalue weighted by molar-refractivity contribution is 0.0116. The highest BCUT2D eigenvalue weighted by Crippen LogP contribution is 2.41. The molecule has 1 heterocycles. The molecule has 1 saturated heterocycles. The molecule has 0 aromatic heterocycles. The monoisotopic (exact) mass is 236 g/mol. The van der Waals surface area contributed by atoms with E-state index in [0.29, 0.717) is 24.9 Å². The van der Waals surface area contributed by atoms with Gasteiger partial charge >= 0.3 is 6.09 Å². The molecule has 0 aromatic rings. The van der Waals surface area contributed by atoms with E-state index in [1.54, 1.807) is 4.90 Å². The molecule has 0 radical (unpaired) electrons. The number of hydrogen-bond acceptors (Lipinski definition) is 3. The van der Waals surface area contributed by atoms with Gasteiger partial charge in [0.05, 0.1) is 12.0 Å². The summed E-state index contributed by atoms with van der Waals surface area (Å²) in [6.45, 7) is 7.00. The van der Waals surface area contributed by atoms with Crippen LogP contribution in [0.15, 0.2) is 0 Å². The Balaban J connectivity index is 1.99. The van der Waals surface area contributed by atoms with Crippen molar-refractivity contribution in [3.8, 4) is 6.07 Å². The second-order valence-corrected chi connectivity index (χ2v) is 6.14. The van der Waals surface area contributed by atoms with Crippen LogP contribution in [0.3, 0.4) is 0 Å². The van der Waals surface area contributed by atoms with Gasteiger partial charge in [-0.25, -0.2) is 4.79 Å². The van der Waals surface area contributed by atoms with E-state index in [1.807, 2.05) is 20.8 Å². The van der Waals surface area contributed by atoms with Crippen molar-refractivity contribution >= 4 is 6.09 Å². The lowest BCUT2D eigenvalue weighted by atomic mass is 9.86. The van der Waals surface area contributed by atoms with Gasteiger partial charge in [0.25, 0.3) is 0 Å². The van der Waals surface area contributed by atoms with Crippen LogP contribution in [-0.2, 0) is 4.74 Å². The van der Waals surface area contributed by atoms with Gasteiger partial charge in [-0.05, 0) is 45.4 Å². The number of hydrogen-bond donors (Lipinski definition) is 0. The molecule has 0 N–H and O–H groups in total. The smallest absolute Gasteiger partial charge is 0.410 e. The maximum Gasteiger partial charge on any atom is 0.410 e. The Morgan fingerprint density at radius 2 is 1.82 bits per heavy atom. The molecule has 0 aromatic carbocycles. The number of likely N-dealkylation sites (tertiary alicyclic amines) is 1. The van der Waals surface area contributed by atoms with E-state index in [0.717, 1.165) is 12.8 Å². The van der Waals surface area contributed by atoms with Crippen LogP contribution in [0.25, 0.3) is 0 Å². The van der Waals surface area contributed by atoms with Gasteiger partial charge in [0.1, 0.15) is 5.60 Å². The normalized spacial score (nSPS) is 32.1. The SMILES string of the molecule is CC(C)(C)OC(=O)N1C[C@H]2CC[C@@H](C1)C2C#N. The largest absolute Gasteiger partial charge is 0.444 e. The molecule has 4 heteroatoms. The summed E-state index contributed by atoms with van der Waals surface area (Å²) in [5, 5.41) is 9.10. The van der Waals surface area contributed by atoms with E-state index in [-0.39, 0.29) is 12.0 Å². The highest BCUT2D eigenvalue weighted by Gasteiger charge is 2.44. The second kappa shape index (κ2) is 4.21. The molecular weight excluding hydrogens is 216 g/mol. The van der Waals surface area contributed by atoms with Crippen molar-refractivity contribution in [2.24, 2.45) is 17.8 Å². The third-order valence-corrected chi connectivity index (χ3v) is 3.63. The standard InChI is InChI=1S/C13H20N2O2/c1-13(2,3)17-12(16)15-7-9-4-5-10(8-15)11(9)6-14/h9-11H,4-5,7-8H2,1-3H3/t9-,10+,11?. The lowest BCUT2D eigenvalue weighted by Crippen LogP contribution is -2.46. The second-order valence-electron chi connectivity index (χ2n) is 6.14. The molecule has 1 saturated carbocycles. The van der Waals surface area contributed by atoms with Crippen LogP contribution in [0.2, 0.25) is 0 Å². The minimum atomic E-state index is -0.442. The van der Waals surface area contributed by atoms with Crippen LogP contribution in [0, 0.1) is 29.1 Å². The average molecular weight is 236 g/mol. The van der Waals surface area contributed by atoms with Gasteiger partial charge in [0, 0.05) is 13.1 Å². The number of piperidine rings is 1. The minimum absolute atomic E-state index is 0.147. The number of amides is 1. The molecule has 1 unspecified atom stereocenters. The Kier molecular flexibility index (Phi) is 3.03. The molecule has 17 heavy (non-hydrogen) atoms. The van der Waals surface area contributed by atoms with Gasteiger partial charge < -0.3 is 9.64 Å². The van der Waals surface area contributed by atoms with Crippen molar-refractivity contribution in [1.82, 2.24) is 4.90 Å². The van der Waals surface area contributed by atoms with Crippen molar-refractivity contribution in [2.75, 3.05) is 13.1 Å². The summed E-state index contributed by atoms with van der Waals surface area (Å²) >= 11 is 0. The van der Waals surface area contributed by atoms with Crippen molar-refractivity contribution in [1.29, 1.82) is 5.26 Å². The van der Waals surface area contributed by atoms with Gasteiger partial charge in [0.15, 0.2) is 0 Å². The lowest BCUT2D eigenvalue weighted by Gasteiger charge is -2.35. The first kappa shape index (κ1) is 12.2. The molecule has 2 fully saturated rings. The first-order valence-electron chi connectivity index (χ1n) is 6.28. The molecule has 3 atom stereocenters. The van der Waals surface area contributed by atoms with Crippen molar-refractivity contribution in [3.63, 3.8) is 0 Å². The fraction of sp³-hybridized carbons (Fsp3) is 0.846. The first-order valence-corrected chi connectivity index (χ1v) is 6.28. The van der Waals surface area contributed by atoms with E-state index in [1.165, 1.54) is 0 Å². The molecular formula is C13H20N2O2. The van der Waals surface area contributed by atoms with E-state index >= 15 is 0 Å². The van der Waals surface area contributed by atoms with Crippen LogP contribution >= 0.6 is 0 Å². The van der Waals surface area contributed by atoms with Gasteiger partial charge in [0.2, 0.25) is 0 Å². The van der Waals surface area contributed by atoms with E-state index in [2.05, 4.69) is 6.07 Å². The quantitative estimate of drug-likeness (QED) is 0.649. The van der Waals surface area contributed by atoms with Crippen LogP contribution in [0.5, 0.6) is 0 Å². The summed E-state index contributed by atoms with van der Waals surface area (Å²) in [5.74, 6) is 0.853. The van der Waals surface area contributed by atoms with E-state index < -0.39 is 5.60 Å². The molecule has 1 aliphatic carbocycles. The van der Waals surface area contributed by atoms with Crippen molar-refractivity contribution < 1.29 is 9.53 Å². The molecule has 94 valence electrons. The van der Waals surface area contributed by atoms with Gasteiger partial charge in [-0.15, -0.1) is 0 Å². The van der Waals surface area contributed by atoms with Crippen molar-refractivity contribution in [3.05, 3.63) is 0 Å². The zero-order chi connectivity index (χ0) is 12.6. The number of carbonyl (C=O) groups is 1. The Morgan fingerprint density at radius 1 is 1.29 bits per heavy atom. The number of ether oxygens (including phenoxy) is 1. The summed E-state index contributed by atoms with van der Waals surface area (Å²) in [7, 11) is 0. The molecule has 0 spiro atoms. The van der Waals surface area contributed by atoms with Crippen LogP contribution in [0.4, 0.5) is 4.79 Å². The summed E-state index contributed by atoms with van der Waals surface area (Å²) in [4.78, 5) is 13.7. The Morgan fingerprint density at radius 3 is 2.24 bits per heavy atom. The summed E-state index contributed by atoms with van der Waals surface area (Å²) < 4.78 is 5.37. The third kappa shape index (κ3) is 2.54. The molecule has 2 aliphatic rings. The predicted octanol–water partition coefficient (Wildman–Crippen LogP) is 2.40. The zero-order valence-corrected chi connectivity index (χ0v) is 10.8. The van der Waals surface area contributed by atoms with Gasteiger partial charge in [-0.2, -0.15) is 5.26 Å². The highest BCUT2D eigenvalue weighted by atomic mass is 16.6. The van der Waals surface area contributed by atoms with E-state index in [4.69, 9.17) is 10.00 Å². The fourth-order valence-corrected chi connectivity index (χ4v) is 2.91. The maximum atomic E-state index is 11.9. The van der Waals surface area contributed by atoms with Crippen LogP contribution < -0.4 is 0 Å². The van der Waals surface area contributed by atoms with Crippen LogP contribution in [0.1, 0.15) is 33.6 Å². The number of fused-ring (bicyclic) bond motifs is 2. The molecule has 1 aliphatic heterocycles. The Labute approximate surface area is 103 Å². The molecule has 2 bridgehead atoms. The highest BCUT2D eigenvalue weighted by molar-refractivity contribution is 5.68. The first-order chi connectivity index (χ1) is 7.90. The topological polar surface area (TPSA) is 53.3 Å². The average Bonchev–Trinajstić information content (AvgIpc) is 2.44. The predicted molar refractivity (Wildman–Crippen MR) is 63.1 cm³/mol. The molecule has 1 amide bonds.